The fraction of sp³-hybridized carbons (Fsp3) is 0.500. The van der Waals surface area contributed by atoms with E-state index in [0.717, 1.165) is 53.6 Å². The van der Waals surface area contributed by atoms with E-state index in [1.165, 1.54) is 5.56 Å². The number of rotatable bonds is 6. The summed E-state index contributed by atoms with van der Waals surface area (Å²) in [5, 5.41) is 10.5. The highest BCUT2D eigenvalue weighted by Crippen LogP contribution is 2.50. The van der Waals surface area contributed by atoms with Crippen LogP contribution in [0.25, 0.3) is 0 Å². The number of thioether (sulfide) groups is 1. The number of hydrogen-bond donors (Lipinski definition) is 1. The molecule has 5 rings (SSSR count). The maximum absolute atomic E-state index is 10.5. The molecule has 1 saturated heterocycles. The number of hydrogen-bond acceptors (Lipinski definition) is 7. The SMILES string of the molecule is CSc1ccccc1OCC(O)CN1CCC2(CC1)OCc1c2ccc2c1OCCO2. The Balaban J connectivity index is 1.17. The number of ether oxygens (including phenoxy) is 4. The van der Waals surface area contributed by atoms with Gasteiger partial charge in [-0.15, -0.1) is 11.8 Å². The Kier molecular flexibility index (Phi) is 6.01. The fourth-order valence-electron chi connectivity index (χ4n) is 4.82. The van der Waals surface area contributed by atoms with Crippen molar-refractivity contribution in [2.75, 3.05) is 45.7 Å². The van der Waals surface area contributed by atoms with Crippen LogP contribution in [0.1, 0.15) is 24.0 Å². The van der Waals surface area contributed by atoms with Crippen LogP contribution in [0.2, 0.25) is 0 Å². The van der Waals surface area contributed by atoms with Gasteiger partial charge in [-0.25, -0.2) is 0 Å². The summed E-state index contributed by atoms with van der Waals surface area (Å²) in [5.41, 5.74) is 2.14. The summed E-state index contributed by atoms with van der Waals surface area (Å²) < 4.78 is 23.8. The monoisotopic (exact) mass is 443 g/mol. The van der Waals surface area contributed by atoms with Gasteiger partial charge in [0.15, 0.2) is 11.5 Å². The van der Waals surface area contributed by atoms with E-state index in [-0.39, 0.29) is 5.60 Å². The number of nitrogens with zero attached hydrogens (tertiary/aromatic N) is 1. The minimum atomic E-state index is -0.529. The molecular weight excluding hydrogens is 414 g/mol. The van der Waals surface area contributed by atoms with Crippen LogP contribution in [0.4, 0.5) is 0 Å². The lowest BCUT2D eigenvalue weighted by Gasteiger charge is -2.40. The number of β-amino-alcohol motifs (C(OH)–C–C–N with tert-alkyl or cyclic N) is 1. The van der Waals surface area contributed by atoms with Gasteiger partial charge in [0.25, 0.3) is 0 Å². The van der Waals surface area contributed by atoms with Crippen LogP contribution >= 0.6 is 11.8 Å². The molecule has 1 fully saturated rings. The van der Waals surface area contributed by atoms with Crippen molar-refractivity contribution < 1.29 is 24.1 Å². The molecule has 1 atom stereocenters. The van der Waals surface area contributed by atoms with Crippen molar-refractivity contribution in [1.82, 2.24) is 4.90 Å². The van der Waals surface area contributed by atoms with E-state index in [0.29, 0.717) is 33.0 Å². The molecule has 2 aromatic carbocycles. The topological polar surface area (TPSA) is 60.4 Å². The Labute approximate surface area is 187 Å². The molecule has 0 radical (unpaired) electrons. The highest BCUT2D eigenvalue weighted by Gasteiger charge is 2.44. The molecule has 31 heavy (non-hydrogen) atoms. The molecular formula is C24H29NO5S. The molecule has 0 bridgehead atoms. The molecule has 2 aromatic rings. The maximum atomic E-state index is 10.5. The average molecular weight is 444 g/mol. The van der Waals surface area contributed by atoms with Crippen molar-refractivity contribution in [2.45, 2.75) is 36.0 Å². The predicted molar refractivity (Wildman–Crippen MR) is 119 cm³/mol. The third-order valence-corrected chi connectivity index (χ3v) is 7.21. The Morgan fingerprint density at radius 3 is 2.77 bits per heavy atom. The van der Waals surface area contributed by atoms with E-state index < -0.39 is 6.10 Å². The second kappa shape index (κ2) is 8.90. The largest absolute Gasteiger partial charge is 0.490 e. The van der Waals surface area contributed by atoms with Gasteiger partial charge in [0.05, 0.1) is 12.2 Å². The van der Waals surface area contributed by atoms with Crippen molar-refractivity contribution in [2.24, 2.45) is 0 Å². The van der Waals surface area contributed by atoms with Gasteiger partial charge in [-0.05, 0) is 42.9 Å². The van der Waals surface area contributed by atoms with Crippen LogP contribution in [0.5, 0.6) is 17.2 Å². The van der Waals surface area contributed by atoms with Gasteiger partial charge in [-0.1, -0.05) is 18.2 Å². The smallest absolute Gasteiger partial charge is 0.167 e. The van der Waals surface area contributed by atoms with Gasteiger partial charge in [0.2, 0.25) is 0 Å². The molecule has 1 N–H and O–H groups in total. The Hall–Kier alpha value is -1.93. The third kappa shape index (κ3) is 4.12. The zero-order chi connectivity index (χ0) is 21.3. The van der Waals surface area contributed by atoms with E-state index in [2.05, 4.69) is 11.0 Å². The highest BCUT2D eigenvalue weighted by atomic mass is 32.2. The second-order valence-corrected chi connectivity index (χ2v) is 9.16. The minimum absolute atomic E-state index is 0.250. The van der Waals surface area contributed by atoms with Gasteiger partial charge < -0.3 is 29.0 Å². The average Bonchev–Trinajstić information content (AvgIpc) is 3.18. The van der Waals surface area contributed by atoms with Crippen molar-refractivity contribution in [3.8, 4) is 17.2 Å². The molecule has 3 heterocycles. The standard InChI is InChI=1S/C24H29NO5S/c1-31-22-5-3-2-4-20(22)29-15-17(26)14-25-10-8-24(9-11-25)19-6-7-21-23(18(19)16-30-24)28-13-12-27-21/h2-7,17,26H,8-16H2,1H3. The first kappa shape index (κ1) is 20.9. The van der Waals surface area contributed by atoms with Crippen LogP contribution in [-0.2, 0) is 16.9 Å². The van der Waals surface area contributed by atoms with Crippen LogP contribution in [0.3, 0.4) is 0 Å². The quantitative estimate of drug-likeness (QED) is 0.687. The first-order valence-electron chi connectivity index (χ1n) is 10.9. The van der Waals surface area contributed by atoms with Crippen LogP contribution in [-0.4, -0.2) is 61.8 Å². The normalized spacial score (nSPS) is 20.5. The number of aliphatic hydroxyl groups is 1. The summed E-state index contributed by atoms with van der Waals surface area (Å²) in [7, 11) is 0. The molecule has 0 aliphatic carbocycles. The summed E-state index contributed by atoms with van der Waals surface area (Å²) in [6, 6.07) is 12.1. The van der Waals surface area contributed by atoms with Gasteiger partial charge in [-0.3, -0.25) is 0 Å². The lowest BCUT2D eigenvalue weighted by Crippen LogP contribution is -2.46. The Morgan fingerprint density at radius 2 is 1.94 bits per heavy atom. The van der Waals surface area contributed by atoms with Crippen molar-refractivity contribution in [3.63, 3.8) is 0 Å². The molecule has 1 spiro atoms. The van der Waals surface area contributed by atoms with Crippen LogP contribution < -0.4 is 14.2 Å². The second-order valence-electron chi connectivity index (χ2n) is 8.32. The molecule has 1 unspecified atom stereocenters. The van der Waals surface area contributed by atoms with Gasteiger partial charge >= 0.3 is 0 Å². The van der Waals surface area contributed by atoms with Crippen molar-refractivity contribution >= 4 is 11.8 Å². The van der Waals surface area contributed by atoms with E-state index in [1.807, 2.05) is 36.6 Å². The van der Waals surface area contributed by atoms with Crippen molar-refractivity contribution in [3.05, 3.63) is 47.5 Å². The number of para-hydroxylation sites is 1. The summed E-state index contributed by atoms with van der Waals surface area (Å²) in [6.07, 6.45) is 3.31. The molecule has 7 heteroatoms. The van der Waals surface area contributed by atoms with E-state index >= 15 is 0 Å². The molecule has 166 valence electrons. The number of likely N-dealkylation sites (tertiary alicyclic amines) is 1. The van der Waals surface area contributed by atoms with E-state index in [4.69, 9.17) is 18.9 Å². The van der Waals surface area contributed by atoms with Crippen LogP contribution in [0, 0.1) is 0 Å². The zero-order valence-electron chi connectivity index (χ0n) is 17.8. The molecule has 0 amide bonds. The van der Waals surface area contributed by atoms with E-state index in [1.54, 1.807) is 11.8 Å². The number of benzene rings is 2. The summed E-state index contributed by atoms with van der Waals surface area (Å²) >= 11 is 1.65. The first-order chi connectivity index (χ1) is 15.2. The summed E-state index contributed by atoms with van der Waals surface area (Å²) in [4.78, 5) is 3.39. The zero-order valence-corrected chi connectivity index (χ0v) is 18.7. The minimum Gasteiger partial charge on any atom is -0.490 e. The number of aliphatic hydroxyl groups excluding tert-OH is 1. The molecule has 0 saturated carbocycles. The lowest BCUT2D eigenvalue weighted by atomic mass is 9.83. The molecule has 6 nitrogen and oxygen atoms in total. The molecule has 3 aliphatic heterocycles. The Morgan fingerprint density at radius 1 is 1.13 bits per heavy atom. The third-order valence-electron chi connectivity index (χ3n) is 6.43. The fourth-order valence-corrected chi connectivity index (χ4v) is 5.36. The Bertz CT molecular complexity index is 928. The number of piperidine rings is 1. The first-order valence-corrected chi connectivity index (χ1v) is 12.1. The predicted octanol–water partition coefficient (Wildman–Crippen LogP) is 3.44. The van der Waals surface area contributed by atoms with E-state index in [9.17, 15) is 5.11 Å². The van der Waals surface area contributed by atoms with Gasteiger partial charge in [0.1, 0.15) is 31.7 Å². The number of fused-ring (bicyclic) bond motifs is 4. The highest BCUT2D eigenvalue weighted by molar-refractivity contribution is 7.98. The van der Waals surface area contributed by atoms with Crippen molar-refractivity contribution in [1.29, 1.82) is 0 Å². The van der Waals surface area contributed by atoms with Gasteiger partial charge in [0, 0.05) is 30.1 Å². The summed E-state index contributed by atoms with van der Waals surface area (Å²) in [5.74, 6) is 2.52. The molecule has 3 aliphatic rings. The van der Waals surface area contributed by atoms with Gasteiger partial charge in [-0.2, -0.15) is 0 Å². The lowest BCUT2D eigenvalue weighted by molar-refractivity contribution is -0.0837. The summed E-state index contributed by atoms with van der Waals surface area (Å²) in [6.45, 7) is 4.42. The molecule has 0 aromatic heterocycles. The maximum Gasteiger partial charge on any atom is 0.167 e. The van der Waals surface area contributed by atoms with Crippen LogP contribution in [0.15, 0.2) is 41.3 Å².